The first-order chi connectivity index (χ1) is 9.65. The summed E-state index contributed by atoms with van der Waals surface area (Å²) in [5, 5.41) is 3.99. The SMILES string of the molecule is C[C@H]1COc2ccccc2[C@H]1OC(=O)c1cnn(C)c1. The number of rotatable bonds is 2. The fraction of sp³-hybridized carbons (Fsp3) is 0.333. The molecule has 0 fully saturated rings. The molecule has 1 aliphatic rings. The van der Waals surface area contributed by atoms with E-state index in [1.54, 1.807) is 17.9 Å². The van der Waals surface area contributed by atoms with Crippen molar-refractivity contribution < 1.29 is 14.3 Å². The Morgan fingerprint density at radius 3 is 3.00 bits per heavy atom. The molecule has 3 rings (SSSR count). The highest BCUT2D eigenvalue weighted by molar-refractivity contribution is 5.89. The predicted molar refractivity (Wildman–Crippen MR) is 72.5 cm³/mol. The number of aryl methyl sites for hydroxylation is 1. The molecule has 0 radical (unpaired) electrons. The molecular weight excluding hydrogens is 256 g/mol. The number of fused-ring (bicyclic) bond motifs is 1. The maximum Gasteiger partial charge on any atom is 0.341 e. The van der Waals surface area contributed by atoms with Gasteiger partial charge in [-0.1, -0.05) is 25.1 Å². The van der Waals surface area contributed by atoms with Crippen molar-refractivity contribution in [1.29, 1.82) is 0 Å². The largest absolute Gasteiger partial charge is 0.493 e. The van der Waals surface area contributed by atoms with Crippen LogP contribution in [0.1, 0.15) is 28.9 Å². The molecule has 104 valence electrons. The third-order valence-electron chi connectivity index (χ3n) is 3.42. The van der Waals surface area contributed by atoms with E-state index >= 15 is 0 Å². The van der Waals surface area contributed by atoms with Crippen molar-refractivity contribution in [1.82, 2.24) is 9.78 Å². The highest BCUT2D eigenvalue weighted by atomic mass is 16.6. The van der Waals surface area contributed by atoms with Gasteiger partial charge in [-0.2, -0.15) is 5.10 Å². The second-order valence-corrected chi connectivity index (χ2v) is 5.05. The molecule has 5 nitrogen and oxygen atoms in total. The van der Waals surface area contributed by atoms with E-state index in [0.717, 1.165) is 11.3 Å². The molecule has 0 spiro atoms. The fourth-order valence-electron chi connectivity index (χ4n) is 2.35. The topological polar surface area (TPSA) is 53.4 Å². The van der Waals surface area contributed by atoms with Gasteiger partial charge in [0.15, 0.2) is 0 Å². The number of nitrogens with zero attached hydrogens (tertiary/aromatic N) is 2. The molecule has 0 aliphatic carbocycles. The zero-order valence-electron chi connectivity index (χ0n) is 11.4. The number of carbonyl (C=O) groups is 1. The Kier molecular flexibility index (Phi) is 3.18. The standard InChI is InChI=1S/C15H16N2O3/c1-10-9-19-13-6-4-3-5-12(13)14(10)20-15(18)11-7-16-17(2)8-11/h3-8,10,14H,9H2,1-2H3/t10-,14-/m0/s1. The molecule has 1 aliphatic heterocycles. The van der Waals surface area contributed by atoms with E-state index in [1.165, 1.54) is 6.20 Å². The van der Waals surface area contributed by atoms with E-state index in [1.807, 2.05) is 31.2 Å². The minimum atomic E-state index is -0.355. The van der Waals surface area contributed by atoms with Crippen molar-refractivity contribution in [3.8, 4) is 5.75 Å². The van der Waals surface area contributed by atoms with Gasteiger partial charge in [0.05, 0.1) is 18.4 Å². The van der Waals surface area contributed by atoms with Gasteiger partial charge in [0.25, 0.3) is 0 Å². The van der Waals surface area contributed by atoms with Gasteiger partial charge in [0.1, 0.15) is 11.9 Å². The summed E-state index contributed by atoms with van der Waals surface area (Å²) < 4.78 is 12.9. The molecule has 2 heterocycles. The molecule has 0 amide bonds. The van der Waals surface area contributed by atoms with Gasteiger partial charge < -0.3 is 9.47 Å². The lowest BCUT2D eigenvalue weighted by Gasteiger charge is -2.30. The molecular formula is C15H16N2O3. The summed E-state index contributed by atoms with van der Waals surface area (Å²) in [5.41, 5.74) is 1.38. The second-order valence-electron chi connectivity index (χ2n) is 5.05. The quantitative estimate of drug-likeness (QED) is 0.787. The molecule has 0 N–H and O–H groups in total. The van der Waals surface area contributed by atoms with Crippen LogP contribution < -0.4 is 4.74 Å². The molecule has 0 unspecified atom stereocenters. The third-order valence-corrected chi connectivity index (χ3v) is 3.42. The maximum absolute atomic E-state index is 12.2. The van der Waals surface area contributed by atoms with E-state index in [0.29, 0.717) is 12.2 Å². The van der Waals surface area contributed by atoms with Gasteiger partial charge in [-0.15, -0.1) is 0 Å². The van der Waals surface area contributed by atoms with E-state index in [9.17, 15) is 4.79 Å². The monoisotopic (exact) mass is 272 g/mol. The maximum atomic E-state index is 12.2. The first kappa shape index (κ1) is 12.7. The van der Waals surface area contributed by atoms with Gasteiger partial charge >= 0.3 is 5.97 Å². The number of hydrogen-bond acceptors (Lipinski definition) is 4. The Morgan fingerprint density at radius 2 is 2.25 bits per heavy atom. The third kappa shape index (κ3) is 2.27. The van der Waals surface area contributed by atoms with Crippen molar-refractivity contribution in [2.75, 3.05) is 6.61 Å². The summed E-state index contributed by atoms with van der Waals surface area (Å²) in [4.78, 5) is 12.2. The molecule has 0 saturated carbocycles. The van der Waals surface area contributed by atoms with Crippen LogP contribution in [-0.2, 0) is 11.8 Å². The van der Waals surface area contributed by atoms with Crippen LogP contribution in [-0.4, -0.2) is 22.4 Å². The fourth-order valence-corrected chi connectivity index (χ4v) is 2.35. The van der Waals surface area contributed by atoms with Gasteiger partial charge in [-0.25, -0.2) is 4.79 Å². The summed E-state index contributed by atoms with van der Waals surface area (Å²) in [7, 11) is 1.77. The van der Waals surface area contributed by atoms with Crippen LogP contribution in [0.5, 0.6) is 5.75 Å². The molecule has 2 aromatic rings. The summed E-state index contributed by atoms with van der Waals surface area (Å²) in [6.07, 6.45) is 2.88. The van der Waals surface area contributed by atoms with Gasteiger partial charge in [-0.3, -0.25) is 4.68 Å². The number of ether oxygens (including phenoxy) is 2. The van der Waals surface area contributed by atoms with Crippen molar-refractivity contribution in [2.24, 2.45) is 13.0 Å². The van der Waals surface area contributed by atoms with Crippen LogP contribution in [0.15, 0.2) is 36.7 Å². The van der Waals surface area contributed by atoms with E-state index in [2.05, 4.69) is 5.10 Å². The van der Waals surface area contributed by atoms with Crippen molar-refractivity contribution in [3.63, 3.8) is 0 Å². The number of hydrogen-bond donors (Lipinski definition) is 0. The molecule has 5 heteroatoms. The lowest BCUT2D eigenvalue weighted by atomic mass is 9.94. The van der Waals surface area contributed by atoms with Crippen LogP contribution in [0, 0.1) is 5.92 Å². The molecule has 0 saturated heterocycles. The van der Waals surface area contributed by atoms with Crippen LogP contribution in [0.25, 0.3) is 0 Å². The van der Waals surface area contributed by atoms with Crippen LogP contribution in [0.3, 0.4) is 0 Å². The molecule has 20 heavy (non-hydrogen) atoms. The minimum Gasteiger partial charge on any atom is -0.493 e. The van der Waals surface area contributed by atoms with Gasteiger partial charge in [0, 0.05) is 24.7 Å². The smallest absolute Gasteiger partial charge is 0.341 e. The Morgan fingerprint density at radius 1 is 1.45 bits per heavy atom. The van der Waals surface area contributed by atoms with E-state index in [-0.39, 0.29) is 18.0 Å². The summed E-state index contributed by atoms with van der Waals surface area (Å²) in [6.45, 7) is 2.55. The Balaban J connectivity index is 1.85. The summed E-state index contributed by atoms with van der Waals surface area (Å²) in [5.74, 6) is 0.548. The highest BCUT2D eigenvalue weighted by Gasteiger charge is 2.31. The Hall–Kier alpha value is -2.30. The summed E-state index contributed by atoms with van der Waals surface area (Å²) >= 11 is 0. The van der Waals surface area contributed by atoms with Crippen LogP contribution >= 0.6 is 0 Å². The molecule has 0 bridgehead atoms. The highest BCUT2D eigenvalue weighted by Crippen LogP contribution is 2.37. The zero-order chi connectivity index (χ0) is 14.1. The van der Waals surface area contributed by atoms with E-state index < -0.39 is 0 Å². The number of benzene rings is 1. The molecule has 1 aromatic carbocycles. The number of esters is 1. The first-order valence-corrected chi connectivity index (χ1v) is 6.56. The second kappa shape index (κ2) is 5.00. The van der Waals surface area contributed by atoms with Crippen LogP contribution in [0.2, 0.25) is 0 Å². The Bertz CT molecular complexity index is 636. The summed E-state index contributed by atoms with van der Waals surface area (Å²) in [6, 6.07) is 7.66. The van der Waals surface area contributed by atoms with Gasteiger partial charge in [-0.05, 0) is 6.07 Å². The zero-order valence-corrected chi connectivity index (χ0v) is 11.4. The minimum absolute atomic E-state index is 0.116. The average molecular weight is 272 g/mol. The number of para-hydroxylation sites is 1. The Labute approximate surface area is 117 Å². The molecule has 2 atom stereocenters. The van der Waals surface area contributed by atoms with Crippen LogP contribution in [0.4, 0.5) is 0 Å². The predicted octanol–water partition coefficient (Wildman–Crippen LogP) is 2.35. The van der Waals surface area contributed by atoms with Gasteiger partial charge in [0.2, 0.25) is 0 Å². The lowest BCUT2D eigenvalue weighted by molar-refractivity contribution is -0.000229. The normalized spacial score (nSPS) is 20.9. The van der Waals surface area contributed by atoms with Crippen molar-refractivity contribution >= 4 is 5.97 Å². The number of carbonyl (C=O) groups excluding carboxylic acids is 1. The van der Waals surface area contributed by atoms with E-state index in [4.69, 9.17) is 9.47 Å². The lowest BCUT2D eigenvalue weighted by Crippen LogP contribution is -2.27. The van der Waals surface area contributed by atoms with Crippen molar-refractivity contribution in [2.45, 2.75) is 13.0 Å². The molecule has 1 aromatic heterocycles. The van der Waals surface area contributed by atoms with Crippen molar-refractivity contribution in [3.05, 3.63) is 47.8 Å². The average Bonchev–Trinajstić information content (AvgIpc) is 2.89. The first-order valence-electron chi connectivity index (χ1n) is 6.56. The number of aromatic nitrogens is 2.